The van der Waals surface area contributed by atoms with Crippen molar-refractivity contribution in [1.82, 2.24) is 9.88 Å². The summed E-state index contributed by atoms with van der Waals surface area (Å²) in [7, 11) is 1.73. The first-order valence-corrected chi connectivity index (χ1v) is 7.81. The Bertz CT molecular complexity index is 768. The molecule has 0 unspecified atom stereocenters. The number of rotatable bonds is 4. The fraction of sp³-hybridized carbons (Fsp3) is 0.375. The molecule has 1 aromatic heterocycles. The van der Waals surface area contributed by atoms with E-state index in [-0.39, 0.29) is 16.9 Å². The molecule has 0 bridgehead atoms. The normalized spacial score (nSPS) is 11.7. The van der Waals surface area contributed by atoms with Crippen molar-refractivity contribution in [3.63, 3.8) is 0 Å². The number of nitrogens with one attached hydrogen (secondary N) is 1. The molecule has 2 aromatic rings. The van der Waals surface area contributed by atoms with Gasteiger partial charge in [0.15, 0.2) is 0 Å². The number of nitrogens with two attached hydrogens (primary N) is 1. The Morgan fingerprint density at radius 1 is 1.36 bits per heavy atom. The molecule has 0 atom stereocenters. The Kier molecular flexibility index (Phi) is 4.72. The number of halogens is 1. The van der Waals surface area contributed by atoms with E-state index in [0.717, 1.165) is 9.86 Å². The van der Waals surface area contributed by atoms with Crippen LogP contribution in [0, 0.1) is 5.41 Å². The highest BCUT2D eigenvalue weighted by atomic mass is 79.9. The number of aromatic nitrogens is 1. The van der Waals surface area contributed by atoms with Gasteiger partial charge >= 0.3 is 0 Å². The van der Waals surface area contributed by atoms with Gasteiger partial charge < -0.3 is 15.6 Å². The van der Waals surface area contributed by atoms with Crippen LogP contribution in [0.15, 0.2) is 33.5 Å². The minimum Gasteiger partial charge on any atom is -0.341 e. The average Bonchev–Trinajstić information content (AvgIpc) is 2.45. The molecule has 0 spiro atoms. The zero-order valence-corrected chi connectivity index (χ0v) is 14.5. The van der Waals surface area contributed by atoms with Crippen LogP contribution in [0.4, 0.5) is 0 Å². The van der Waals surface area contributed by atoms with Gasteiger partial charge in [0, 0.05) is 35.0 Å². The quantitative estimate of drug-likeness (QED) is 0.872. The van der Waals surface area contributed by atoms with Gasteiger partial charge in [0.05, 0.1) is 5.56 Å². The van der Waals surface area contributed by atoms with Gasteiger partial charge in [-0.2, -0.15) is 0 Å². The predicted octanol–water partition coefficient (Wildman–Crippen LogP) is 2.35. The lowest BCUT2D eigenvalue weighted by Gasteiger charge is -2.29. The SMILES string of the molecule is CN(CC(C)(C)CN)C(=O)c1cc(=O)[nH]c2ccc(Br)cc12. The third-order valence-corrected chi connectivity index (χ3v) is 4.09. The molecule has 1 heterocycles. The zero-order chi connectivity index (χ0) is 16.5. The molecule has 3 N–H and O–H groups in total. The molecule has 0 aliphatic heterocycles. The standard InChI is InChI=1S/C16H20BrN3O2/c1-16(2,8-18)9-20(3)15(22)12-7-14(21)19-13-5-4-10(17)6-11(12)13/h4-7H,8-9,18H2,1-3H3,(H,19,21). The fourth-order valence-corrected chi connectivity index (χ4v) is 2.75. The van der Waals surface area contributed by atoms with Crippen LogP contribution in [0.5, 0.6) is 0 Å². The summed E-state index contributed by atoms with van der Waals surface area (Å²) in [4.78, 5) is 28.9. The predicted molar refractivity (Wildman–Crippen MR) is 92.1 cm³/mol. The summed E-state index contributed by atoms with van der Waals surface area (Å²) in [5.74, 6) is -0.185. The largest absolute Gasteiger partial charge is 0.341 e. The molecule has 1 aromatic carbocycles. The van der Waals surface area contributed by atoms with Crippen LogP contribution in [0.3, 0.4) is 0 Å². The number of benzene rings is 1. The van der Waals surface area contributed by atoms with Gasteiger partial charge in [-0.05, 0) is 30.2 Å². The molecular formula is C16H20BrN3O2. The Hall–Kier alpha value is -1.66. The van der Waals surface area contributed by atoms with Crippen LogP contribution in [0.2, 0.25) is 0 Å². The molecule has 118 valence electrons. The minimum atomic E-state index is -0.287. The maximum atomic E-state index is 12.7. The van der Waals surface area contributed by atoms with Gasteiger partial charge in [0.2, 0.25) is 5.56 Å². The number of carbonyl (C=O) groups is 1. The third kappa shape index (κ3) is 3.56. The van der Waals surface area contributed by atoms with E-state index in [1.807, 2.05) is 26.0 Å². The van der Waals surface area contributed by atoms with E-state index in [9.17, 15) is 9.59 Å². The molecule has 0 aliphatic carbocycles. The lowest BCUT2D eigenvalue weighted by Crippen LogP contribution is -2.40. The van der Waals surface area contributed by atoms with E-state index >= 15 is 0 Å². The molecule has 0 saturated carbocycles. The van der Waals surface area contributed by atoms with Gasteiger partial charge in [0.1, 0.15) is 0 Å². The number of H-pyrrole nitrogens is 1. The maximum Gasteiger partial charge on any atom is 0.254 e. The second kappa shape index (κ2) is 6.22. The Labute approximate surface area is 137 Å². The summed E-state index contributed by atoms with van der Waals surface area (Å²) in [6.45, 7) is 5.00. The fourth-order valence-electron chi connectivity index (χ4n) is 2.39. The monoisotopic (exact) mass is 365 g/mol. The first-order valence-electron chi connectivity index (χ1n) is 7.02. The Morgan fingerprint density at radius 3 is 2.68 bits per heavy atom. The molecule has 2 rings (SSSR count). The number of fused-ring (bicyclic) bond motifs is 1. The summed E-state index contributed by atoms with van der Waals surface area (Å²) in [5, 5.41) is 0.719. The first kappa shape index (κ1) is 16.7. The number of nitrogens with zero attached hydrogens (tertiary/aromatic N) is 1. The number of pyridine rings is 1. The zero-order valence-electron chi connectivity index (χ0n) is 12.9. The Balaban J connectivity index is 2.47. The highest BCUT2D eigenvalue weighted by Gasteiger charge is 2.23. The number of amides is 1. The van der Waals surface area contributed by atoms with Gasteiger partial charge in [0.25, 0.3) is 5.91 Å². The molecular weight excluding hydrogens is 346 g/mol. The maximum absolute atomic E-state index is 12.7. The van der Waals surface area contributed by atoms with Gasteiger partial charge in [-0.15, -0.1) is 0 Å². The molecule has 22 heavy (non-hydrogen) atoms. The molecule has 1 amide bonds. The third-order valence-electron chi connectivity index (χ3n) is 3.60. The van der Waals surface area contributed by atoms with Crippen LogP contribution in [0.1, 0.15) is 24.2 Å². The van der Waals surface area contributed by atoms with Crippen molar-refractivity contribution in [1.29, 1.82) is 0 Å². The first-order chi connectivity index (χ1) is 10.2. The summed E-state index contributed by atoms with van der Waals surface area (Å²) >= 11 is 3.40. The van der Waals surface area contributed by atoms with E-state index in [1.54, 1.807) is 18.0 Å². The molecule has 0 radical (unpaired) electrons. The van der Waals surface area contributed by atoms with Crippen LogP contribution in [-0.4, -0.2) is 35.9 Å². The molecule has 0 aliphatic rings. The number of hydrogen-bond donors (Lipinski definition) is 2. The molecule has 0 saturated heterocycles. The topological polar surface area (TPSA) is 79.2 Å². The van der Waals surface area contributed by atoms with Gasteiger partial charge in [-0.3, -0.25) is 9.59 Å². The molecule has 0 fully saturated rings. The number of aromatic amines is 1. The summed E-state index contributed by atoms with van der Waals surface area (Å²) < 4.78 is 0.853. The van der Waals surface area contributed by atoms with Crippen LogP contribution in [0.25, 0.3) is 10.9 Å². The Morgan fingerprint density at radius 2 is 2.05 bits per heavy atom. The van der Waals surface area contributed by atoms with E-state index < -0.39 is 0 Å². The van der Waals surface area contributed by atoms with Gasteiger partial charge in [-0.25, -0.2) is 0 Å². The van der Waals surface area contributed by atoms with Crippen molar-refractivity contribution in [3.05, 3.63) is 44.7 Å². The van der Waals surface area contributed by atoms with Crippen LogP contribution < -0.4 is 11.3 Å². The second-order valence-corrected chi connectivity index (χ2v) is 7.18. The number of hydrogen-bond acceptors (Lipinski definition) is 3. The van der Waals surface area contributed by atoms with Crippen LogP contribution >= 0.6 is 15.9 Å². The highest BCUT2D eigenvalue weighted by molar-refractivity contribution is 9.10. The molecule has 6 heteroatoms. The average molecular weight is 366 g/mol. The van der Waals surface area contributed by atoms with Crippen molar-refractivity contribution in [2.75, 3.05) is 20.1 Å². The van der Waals surface area contributed by atoms with Crippen molar-refractivity contribution < 1.29 is 4.79 Å². The van der Waals surface area contributed by atoms with Crippen molar-refractivity contribution in [2.45, 2.75) is 13.8 Å². The van der Waals surface area contributed by atoms with E-state index in [1.165, 1.54) is 6.07 Å². The summed E-state index contributed by atoms with van der Waals surface area (Å²) in [5.41, 5.74) is 6.31. The van der Waals surface area contributed by atoms with E-state index in [2.05, 4.69) is 20.9 Å². The van der Waals surface area contributed by atoms with E-state index in [0.29, 0.717) is 24.2 Å². The van der Waals surface area contributed by atoms with Crippen molar-refractivity contribution in [2.24, 2.45) is 11.1 Å². The minimum absolute atomic E-state index is 0.179. The summed E-state index contributed by atoms with van der Waals surface area (Å²) in [6, 6.07) is 6.79. The molecule has 5 nitrogen and oxygen atoms in total. The lowest BCUT2D eigenvalue weighted by molar-refractivity contribution is 0.0742. The van der Waals surface area contributed by atoms with Crippen molar-refractivity contribution >= 4 is 32.7 Å². The summed E-state index contributed by atoms with van der Waals surface area (Å²) in [6.07, 6.45) is 0. The second-order valence-electron chi connectivity index (χ2n) is 6.27. The number of carbonyl (C=O) groups excluding carboxylic acids is 1. The lowest BCUT2D eigenvalue weighted by atomic mass is 9.93. The smallest absolute Gasteiger partial charge is 0.254 e. The van der Waals surface area contributed by atoms with Crippen molar-refractivity contribution in [3.8, 4) is 0 Å². The van der Waals surface area contributed by atoms with Gasteiger partial charge in [-0.1, -0.05) is 29.8 Å². The highest BCUT2D eigenvalue weighted by Crippen LogP contribution is 2.22. The van der Waals surface area contributed by atoms with Crippen LogP contribution in [-0.2, 0) is 0 Å². The van der Waals surface area contributed by atoms with E-state index in [4.69, 9.17) is 5.73 Å².